The van der Waals surface area contributed by atoms with Crippen molar-refractivity contribution in [2.24, 2.45) is 34.5 Å². The quantitative estimate of drug-likeness (QED) is 0.585. The van der Waals surface area contributed by atoms with Crippen LogP contribution in [-0.4, -0.2) is 31.1 Å². The van der Waals surface area contributed by atoms with E-state index in [0.29, 0.717) is 11.3 Å². The van der Waals surface area contributed by atoms with E-state index in [1.165, 1.54) is 38.5 Å². The first-order valence-corrected chi connectivity index (χ1v) is 11.8. The predicted octanol–water partition coefficient (Wildman–Crippen LogP) is 5.09. The highest BCUT2D eigenvalue weighted by Crippen LogP contribution is 2.69. The summed E-state index contributed by atoms with van der Waals surface area (Å²) in [5, 5.41) is 0. The molecule has 5 fully saturated rings. The Balaban J connectivity index is 1.36. The predicted molar refractivity (Wildman–Crippen MR) is 107 cm³/mol. The Kier molecular flexibility index (Phi) is 4.63. The van der Waals surface area contributed by atoms with Gasteiger partial charge in [0.25, 0.3) is 0 Å². The van der Waals surface area contributed by atoms with Crippen LogP contribution in [0.2, 0.25) is 0 Å². The zero-order valence-electron chi connectivity index (χ0n) is 18.0. The van der Waals surface area contributed by atoms with Crippen LogP contribution in [0.5, 0.6) is 0 Å². The average Bonchev–Trinajstić information content (AvgIpc) is 2.94. The number of hydrogen-bond acceptors (Lipinski definition) is 4. The van der Waals surface area contributed by atoms with Gasteiger partial charge in [-0.2, -0.15) is 0 Å². The smallest absolute Gasteiger partial charge is 0.302 e. The largest absolute Gasteiger partial charge is 0.463 e. The lowest BCUT2D eigenvalue weighted by Crippen LogP contribution is -2.59. The fourth-order valence-corrected chi connectivity index (χ4v) is 8.57. The average molecular weight is 391 g/mol. The van der Waals surface area contributed by atoms with Gasteiger partial charge in [0.1, 0.15) is 6.10 Å². The molecule has 0 amide bonds. The standard InChI is InChI=1S/C24H38O4/c1-16(25)28-18-7-10-22(2)17(15-18)5-6-19-20(22)8-11-23(3)21(19)9-12-24(23)26-13-4-14-27-24/h17-21H,4-15H2,1-3H3. The molecule has 0 aromatic heterocycles. The molecule has 0 bridgehead atoms. The van der Waals surface area contributed by atoms with Gasteiger partial charge in [-0.1, -0.05) is 13.8 Å². The molecule has 1 aliphatic heterocycles. The number of carbonyl (C=O) groups is 1. The van der Waals surface area contributed by atoms with Crippen LogP contribution in [0, 0.1) is 34.5 Å². The van der Waals surface area contributed by atoms with Gasteiger partial charge >= 0.3 is 5.97 Å². The van der Waals surface area contributed by atoms with Crippen molar-refractivity contribution < 1.29 is 19.0 Å². The van der Waals surface area contributed by atoms with E-state index in [9.17, 15) is 4.79 Å². The van der Waals surface area contributed by atoms with Crippen LogP contribution in [0.1, 0.15) is 85.0 Å². The second-order valence-electron chi connectivity index (χ2n) is 11.0. The zero-order chi connectivity index (χ0) is 19.6. The fraction of sp³-hybridized carbons (Fsp3) is 0.958. The molecule has 1 heterocycles. The van der Waals surface area contributed by atoms with E-state index in [2.05, 4.69) is 13.8 Å². The third-order valence-electron chi connectivity index (χ3n) is 9.95. The molecule has 1 spiro atoms. The number of esters is 1. The summed E-state index contributed by atoms with van der Waals surface area (Å²) in [4.78, 5) is 11.4. The molecule has 4 saturated carbocycles. The summed E-state index contributed by atoms with van der Waals surface area (Å²) < 4.78 is 18.4. The van der Waals surface area contributed by atoms with Gasteiger partial charge in [0.2, 0.25) is 0 Å². The van der Waals surface area contributed by atoms with Crippen molar-refractivity contribution in [3.8, 4) is 0 Å². The number of carbonyl (C=O) groups excluding carboxylic acids is 1. The van der Waals surface area contributed by atoms with Gasteiger partial charge in [-0.3, -0.25) is 4.79 Å². The molecule has 5 aliphatic rings. The lowest BCUT2D eigenvalue weighted by molar-refractivity contribution is -0.324. The minimum absolute atomic E-state index is 0.112. The maximum atomic E-state index is 11.4. The molecule has 7 atom stereocenters. The number of rotatable bonds is 1. The minimum Gasteiger partial charge on any atom is -0.463 e. The SMILES string of the molecule is CC(=O)OC1CCC2(C)C(CCC3C2CCC2(C)C3CCC23OCCCO3)C1. The summed E-state index contributed by atoms with van der Waals surface area (Å²) in [5.41, 5.74) is 0.609. The normalized spacial score (nSPS) is 49.8. The maximum Gasteiger partial charge on any atom is 0.302 e. The van der Waals surface area contributed by atoms with Crippen LogP contribution >= 0.6 is 0 Å². The highest BCUT2D eigenvalue weighted by molar-refractivity contribution is 5.66. The van der Waals surface area contributed by atoms with Crippen molar-refractivity contribution in [3.05, 3.63) is 0 Å². The third kappa shape index (κ3) is 2.66. The molecule has 158 valence electrons. The Morgan fingerprint density at radius 2 is 1.68 bits per heavy atom. The Morgan fingerprint density at radius 1 is 0.929 bits per heavy atom. The van der Waals surface area contributed by atoms with E-state index < -0.39 is 0 Å². The van der Waals surface area contributed by atoms with Gasteiger partial charge in [0.15, 0.2) is 5.79 Å². The van der Waals surface area contributed by atoms with Gasteiger partial charge in [-0.05, 0) is 86.9 Å². The van der Waals surface area contributed by atoms with Crippen molar-refractivity contribution in [3.63, 3.8) is 0 Å². The molecule has 0 radical (unpaired) electrons. The monoisotopic (exact) mass is 390 g/mol. The Hall–Kier alpha value is -0.610. The molecule has 5 rings (SSSR count). The van der Waals surface area contributed by atoms with Crippen molar-refractivity contribution in [2.75, 3.05) is 13.2 Å². The van der Waals surface area contributed by atoms with Crippen LogP contribution in [0.25, 0.3) is 0 Å². The Bertz CT molecular complexity index is 626. The van der Waals surface area contributed by atoms with Gasteiger partial charge < -0.3 is 14.2 Å². The minimum atomic E-state index is -0.300. The van der Waals surface area contributed by atoms with Crippen LogP contribution in [0.15, 0.2) is 0 Å². The van der Waals surface area contributed by atoms with Gasteiger partial charge in [-0.15, -0.1) is 0 Å². The summed E-state index contributed by atoms with van der Waals surface area (Å²) in [6.07, 6.45) is 12.1. The van der Waals surface area contributed by atoms with Crippen LogP contribution < -0.4 is 0 Å². The van der Waals surface area contributed by atoms with E-state index in [4.69, 9.17) is 14.2 Å². The maximum absolute atomic E-state index is 11.4. The van der Waals surface area contributed by atoms with Crippen LogP contribution in [-0.2, 0) is 19.0 Å². The molecule has 0 N–H and O–H groups in total. The van der Waals surface area contributed by atoms with Gasteiger partial charge in [0, 0.05) is 18.8 Å². The highest BCUT2D eigenvalue weighted by Gasteiger charge is 2.66. The van der Waals surface area contributed by atoms with E-state index in [1.807, 2.05) is 0 Å². The Morgan fingerprint density at radius 3 is 2.43 bits per heavy atom. The molecule has 7 unspecified atom stereocenters. The lowest BCUT2D eigenvalue weighted by atomic mass is 9.45. The van der Waals surface area contributed by atoms with E-state index in [1.54, 1.807) is 6.92 Å². The summed E-state index contributed by atoms with van der Waals surface area (Å²) in [5.74, 6) is 2.69. The second kappa shape index (κ2) is 6.70. The van der Waals surface area contributed by atoms with Crippen LogP contribution in [0.4, 0.5) is 0 Å². The van der Waals surface area contributed by atoms with Crippen molar-refractivity contribution in [1.82, 2.24) is 0 Å². The van der Waals surface area contributed by atoms with E-state index in [-0.39, 0.29) is 23.3 Å². The molecule has 4 aliphatic carbocycles. The zero-order valence-corrected chi connectivity index (χ0v) is 18.0. The molecule has 4 heteroatoms. The molecule has 0 aromatic rings. The van der Waals surface area contributed by atoms with Crippen molar-refractivity contribution in [2.45, 2.75) is 96.9 Å². The lowest BCUT2D eigenvalue weighted by Gasteiger charge is -2.62. The molecule has 28 heavy (non-hydrogen) atoms. The third-order valence-corrected chi connectivity index (χ3v) is 9.95. The van der Waals surface area contributed by atoms with E-state index >= 15 is 0 Å². The van der Waals surface area contributed by atoms with Crippen molar-refractivity contribution in [1.29, 1.82) is 0 Å². The number of ether oxygens (including phenoxy) is 3. The topological polar surface area (TPSA) is 44.8 Å². The van der Waals surface area contributed by atoms with Gasteiger partial charge in [0.05, 0.1) is 13.2 Å². The van der Waals surface area contributed by atoms with E-state index in [0.717, 1.165) is 56.7 Å². The summed E-state index contributed by atoms with van der Waals surface area (Å²) in [6, 6.07) is 0. The first-order chi connectivity index (χ1) is 13.4. The molecular formula is C24H38O4. The fourth-order valence-electron chi connectivity index (χ4n) is 8.57. The summed E-state index contributed by atoms with van der Waals surface area (Å²) in [7, 11) is 0. The van der Waals surface area contributed by atoms with Gasteiger partial charge in [-0.25, -0.2) is 0 Å². The Labute approximate surface area is 170 Å². The highest BCUT2D eigenvalue weighted by atomic mass is 16.7. The van der Waals surface area contributed by atoms with Crippen LogP contribution in [0.3, 0.4) is 0 Å². The molecule has 4 nitrogen and oxygen atoms in total. The first-order valence-electron chi connectivity index (χ1n) is 11.8. The molecule has 1 saturated heterocycles. The summed E-state index contributed by atoms with van der Waals surface area (Å²) in [6.45, 7) is 8.34. The molecular weight excluding hydrogens is 352 g/mol. The van der Waals surface area contributed by atoms with Crippen molar-refractivity contribution >= 4 is 5.97 Å². The summed E-state index contributed by atoms with van der Waals surface area (Å²) >= 11 is 0. The second-order valence-corrected chi connectivity index (χ2v) is 11.0. The number of fused-ring (bicyclic) bond motifs is 6. The molecule has 0 aromatic carbocycles. The first kappa shape index (κ1) is 19.4. The number of hydrogen-bond donors (Lipinski definition) is 0.